The first-order valence-corrected chi connectivity index (χ1v) is 9.57. The molecule has 140 valence electrons. The van der Waals surface area contributed by atoms with Gasteiger partial charge in [0.25, 0.3) is 0 Å². The zero-order valence-corrected chi connectivity index (χ0v) is 16.0. The van der Waals surface area contributed by atoms with Crippen molar-refractivity contribution in [2.45, 2.75) is 44.8 Å². The number of benzene rings is 1. The fourth-order valence-electron chi connectivity index (χ4n) is 3.62. The molecule has 1 atom stereocenters. The Kier molecular flexibility index (Phi) is 4.79. The molecule has 0 spiro atoms. The molecular weight excluding hydrogens is 336 g/mol. The number of hydrogen-bond donors (Lipinski definition) is 0. The third-order valence-electron chi connectivity index (χ3n) is 5.16. The smallest absolute Gasteiger partial charge is 0.138 e. The Hall–Kier alpha value is -2.52. The van der Waals surface area contributed by atoms with E-state index in [0.717, 1.165) is 41.9 Å². The average molecular weight is 362 g/mol. The van der Waals surface area contributed by atoms with Gasteiger partial charge in [0.05, 0.1) is 6.61 Å². The quantitative estimate of drug-likeness (QED) is 0.704. The van der Waals surface area contributed by atoms with Crippen LogP contribution in [0.4, 0.5) is 0 Å². The highest BCUT2D eigenvalue weighted by atomic mass is 16.6. The zero-order valence-electron chi connectivity index (χ0n) is 16.0. The third-order valence-corrected chi connectivity index (χ3v) is 5.16. The van der Waals surface area contributed by atoms with Crippen LogP contribution in [0.5, 0.6) is 11.5 Å². The van der Waals surface area contributed by atoms with Crippen LogP contribution in [0.2, 0.25) is 0 Å². The summed E-state index contributed by atoms with van der Waals surface area (Å²) in [6.45, 7) is 8.59. The van der Waals surface area contributed by atoms with Gasteiger partial charge in [-0.3, -0.25) is 0 Å². The van der Waals surface area contributed by atoms with Crippen LogP contribution >= 0.6 is 0 Å². The minimum absolute atomic E-state index is 0.00738. The third kappa shape index (κ3) is 3.93. The van der Waals surface area contributed by atoms with Gasteiger partial charge in [0.1, 0.15) is 29.0 Å². The van der Waals surface area contributed by atoms with Crippen molar-refractivity contribution in [1.82, 2.24) is 0 Å². The molecule has 1 unspecified atom stereocenters. The van der Waals surface area contributed by atoms with Crippen molar-refractivity contribution >= 4 is 6.08 Å². The number of ether oxygens (including phenoxy) is 3. The van der Waals surface area contributed by atoms with Gasteiger partial charge < -0.3 is 14.2 Å². The van der Waals surface area contributed by atoms with Crippen molar-refractivity contribution in [3.63, 3.8) is 0 Å². The summed E-state index contributed by atoms with van der Waals surface area (Å²) in [5.74, 6) is 2.32. The van der Waals surface area contributed by atoms with Gasteiger partial charge in [-0.1, -0.05) is 37.0 Å². The molecule has 27 heavy (non-hydrogen) atoms. The van der Waals surface area contributed by atoms with Crippen LogP contribution in [-0.4, -0.2) is 18.3 Å². The van der Waals surface area contributed by atoms with Gasteiger partial charge in [-0.15, -0.1) is 0 Å². The monoisotopic (exact) mass is 362 g/mol. The molecular formula is C24H26O3. The van der Waals surface area contributed by atoms with Crippen molar-refractivity contribution in [3.05, 3.63) is 77.6 Å². The van der Waals surface area contributed by atoms with E-state index in [-0.39, 0.29) is 6.10 Å². The number of hydrogen-bond acceptors (Lipinski definition) is 3. The lowest BCUT2D eigenvalue weighted by atomic mass is 9.89. The maximum Gasteiger partial charge on any atom is 0.138 e. The minimum atomic E-state index is -0.402. The van der Waals surface area contributed by atoms with E-state index >= 15 is 0 Å². The van der Waals surface area contributed by atoms with E-state index in [1.807, 2.05) is 18.2 Å². The van der Waals surface area contributed by atoms with Gasteiger partial charge in [-0.25, -0.2) is 0 Å². The van der Waals surface area contributed by atoms with Crippen LogP contribution in [0.3, 0.4) is 0 Å². The SMILES string of the molecule is C=C1C=Cc2cc3c(cc2O1)OC(C)(C)C(OC/C=C/C1=CCCC=C1)C3. The first-order chi connectivity index (χ1) is 13.0. The van der Waals surface area contributed by atoms with E-state index in [9.17, 15) is 0 Å². The summed E-state index contributed by atoms with van der Waals surface area (Å²) in [4.78, 5) is 0. The highest BCUT2D eigenvalue weighted by Gasteiger charge is 2.38. The van der Waals surface area contributed by atoms with E-state index in [1.165, 1.54) is 5.57 Å². The molecule has 0 amide bonds. The number of fused-ring (bicyclic) bond motifs is 2. The first-order valence-electron chi connectivity index (χ1n) is 9.57. The van der Waals surface area contributed by atoms with Crippen LogP contribution in [0.1, 0.15) is 37.8 Å². The lowest BCUT2D eigenvalue weighted by Crippen LogP contribution is -2.48. The second-order valence-corrected chi connectivity index (χ2v) is 7.72. The van der Waals surface area contributed by atoms with Crippen molar-refractivity contribution < 1.29 is 14.2 Å². The Morgan fingerprint density at radius 3 is 2.89 bits per heavy atom. The molecule has 3 nitrogen and oxygen atoms in total. The zero-order chi connectivity index (χ0) is 18.9. The maximum absolute atomic E-state index is 6.27. The summed E-state index contributed by atoms with van der Waals surface area (Å²) < 4.78 is 18.2. The molecule has 0 saturated carbocycles. The van der Waals surface area contributed by atoms with E-state index in [0.29, 0.717) is 12.4 Å². The molecule has 1 aromatic rings. The average Bonchev–Trinajstić information content (AvgIpc) is 2.64. The molecule has 4 rings (SSSR count). The van der Waals surface area contributed by atoms with Gasteiger partial charge in [0.2, 0.25) is 0 Å². The largest absolute Gasteiger partial charge is 0.485 e. The van der Waals surface area contributed by atoms with Gasteiger partial charge in [0.15, 0.2) is 0 Å². The fourth-order valence-corrected chi connectivity index (χ4v) is 3.62. The van der Waals surface area contributed by atoms with Crippen LogP contribution in [0.25, 0.3) is 6.08 Å². The Morgan fingerprint density at radius 2 is 2.07 bits per heavy atom. The molecule has 0 bridgehead atoms. The molecule has 0 N–H and O–H groups in total. The second kappa shape index (κ2) is 7.24. The van der Waals surface area contributed by atoms with Crippen molar-refractivity contribution in [3.8, 4) is 11.5 Å². The van der Waals surface area contributed by atoms with E-state index in [2.05, 4.69) is 56.9 Å². The predicted octanol–water partition coefficient (Wildman–Crippen LogP) is 5.54. The number of rotatable bonds is 4. The Labute approximate surface area is 161 Å². The van der Waals surface area contributed by atoms with Crippen LogP contribution < -0.4 is 9.47 Å². The minimum Gasteiger partial charge on any atom is -0.485 e. The molecule has 1 aliphatic carbocycles. The lowest BCUT2D eigenvalue weighted by Gasteiger charge is -2.40. The van der Waals surface area contributed by atoms with Gasteiger partial charge in [0, 0.05) is 18.1 Å². The van der Waals surface area contributed by atoms with Crippen molar-refractivity contribution in [1.29, 1.82) is 0 Å². The molecule has 0 saturated heterocycles. The summed E-state index contributed by atoms with van der Waals surface area (Å²) >= 11 is 0. The molecule has 0 fully saturated rings. The van der Waals surface area contributed by atoms with E-state index < -0.39 is 5.60 Å². The van der Waals surface area contributed by atoms with Crippen LogP contribution in [-0.2, 0) is 11.2 Å². The standard InChI is InChI=1S/C24H26O3/c1-17-11-12-19-14-20-15-23(24(2,3)27-22(20)16-21(19)26-17)25-13-7-10-18-8-5-4-6-9-18/h5,7-12,14,16,23H,1,4,6,13,15H2,2-3H3/b10-7+. The Balaban J connectivity index is 1.46. The summed E-state index contributed by atoms with van der Waals surface area (Å²) in [5, 5.41) is 0. The fraction of sp³-hybridized carbons (Fsp3) is 0.333. The second-order valence-electron chi connectivity index (χ2n) is 7.72. The first kappa shape index (κ1) is 17.9. The Morgan fingerprint density at radius 1 is 1.19 bits per heavy atom. The summed E-state index contributed by atoms with van der Waals surface area (Å²) in [6.07, 6.45) is 17.8. The van der Waals surface area contributed by atoms with Crippen LogP contribution in [0.15, 0.2) is 66.5 Å². The highest BCUT2D eigenvalue weighted by Crippen LogP contribution is 2.40. The molecule has 0 aromatic heterocycles. The normalized spacial score (nSPS) is 22.7. The molecule has 1 aromatic carbocycles. The molecule has 2 heterocycles. The van der Waals surface area contributed by atoms with Crippen LogP contribution in [0, 0.1) is 0 Å². The summed E-state index contributed by atoms with van der Waals surface area (Å²) in [5.41, 5.74) is 3.06. The van der Waals surface area contributed by atoms with E-state index in [1.54, 1.807) is 0 Å². The molecule has 3 heteroatoms. The van der Waals surface area contributed by atoms with Gasteiger partial charge in [-0.2, -0.15) is 0 Å². The summed E-state index contributed by atoms with van der Waals surface area (Å²) in [7, 11) is 0. The summed E-state index contributed by atoms with van der Waals surface area (Å²) in [6, 6.07) is 4.10. The highest BCUT2D eigenvalue weighted by molar-refractivity contribution is 5.66. The number of allylic oxidation sites excluding steroid dienone is 6. The lowest BCUT2D eigenvalue weighted by molar-refractivity contribution is -0.0755. The van der Waals surface area contributed by atoms with Gasteiger partial charge >= 0.3 is 0 Å². The van der Waals surface area contributed by atoms with Crippen molar-refractivity contribution in [2.75, 3.05) is 6.61 Å². The van der Waals surface area contributed by atoms with Crippen molar-refractivity contribution in [2.24, 2.45) is 0 Å². The molecule has 2 aliphatic heterocycles. The van der Waals surface area contributed by atoms with E-state index in [4.69, 9.17) is 14.2 Å². The topological polar surface area (TPSA) is 27.7 Å². The maximum atomic E-state index is 6.27. The van der Waals surface area contributed by atoms with Gasteiger partial charge in [-0.05, 0) is 56.0 Å². The molecule has 3 aliphatic rings. The predicted molar refractivity (Wildman–Crippen MR) is 109 cm³/mol. The Bertz CT molecular complexity index is 868. The molecule has 0 radical (unpaired) electrons.